The second-order valence-electron chi connectivity index (χ2n) is 5.66. The number of aryl methyl sites for hydroxylation is 2. The molecular formula is C16H26N2O. The van der Waals surface area contributed by atoms with Crippen molar-refractivity contribution in [1.29, 1.82) is 0 Å². The van der Waals surface area contributed by atoms with Gasteiger partial charge in [0.2, 0.25) is 5.91 Å². The predicted octanol–water partition coefficient (Wildman–Crippen LogP) is 3.27. The van der Waals surface area contributed by atoms with Gasteiger partial charge in [0.15, 0.2) is 0 Å². The fourth-order valence-corrected chi connectivity index (χ4v) is 1.83. The largest absolute Gasteiger partial charge is 0.374 e. The Bertz CT molecular complexity index is 427. The maximum Gasteiger partial charge on any atom is 0.242 e. The first-order valence-corrected chi connectivity index (χ1v) is 7.01. The molecule has 19 heavy (non-hydrogen) atoms. The van der Waals surface area contributed by atoms with Gasteiger partial charge in [-0.3, -0.25) is 4.79 Å². The molecule has 0 aliphatic rings. The summed E-state index contributed by atoms with van der Waals surface area (Å²) in [6, 6.07) is 6.01. The molecule has 0 fully saturated rings. The third-order valence-electron chi connectivity index (χ3n) is 3.18. The summed E-state index contributed by atoms with van der Waals surface area (Å²) < 4.78 is 0. The molecule has 1 aromatic rings. The Hall–Kier alpha value is -1.51. The van der Waals surface area contributed by atoms with Crippen LogP contribution in [0.15, 0.2) is 18.2 Å². The lowest BCUT2D eigenvalue weighted by molar-refractivity contribution is -0.121. The minimum absolute atomic E-state index is 0.0570. The van der Waals surface area contributed by atoms with Gasteiger partial charge in [0.25, 0.3) is 0 Å². The van der Waals surface area contributed by atoms with E-state index in [4.69, 9.17) is 0 Å². The molecule has 1 aromatic carbocycles. The van der Waals surface area contributed by atoms with Crippen LogP contribution in [0.1, 0.15) is 38.3 Å². The Balaban J connectivity index is 2.51. The summed E-state index contributed by atoms with van der Waals surface area (Å²) >= 11 is 0. The molecule has 1 unspecified atom stereocenters. The van der Waals surface area contributed by atoms with Gasteiger partial charge in [-0.05, 0) is 50.3 Å². The number of carbonyl (C=O) groups is 1. The Kier molecular flexibility index (Phi) is 5.87. The van der Waals surface area contributed by atoms with Crippen molar-refractivity contribution in [2.45, 2.75) is 47.1 Å². The van der Waals surface area contributed by atoms with Gasteiger partial charge < -0.3 is 10.6 Å². The van der Waals surface area contributed by atoms with Crippen LogP contribution < -0.4 is 10.6 Å². The van der Waals surface area contributed by atoms with E-state index in [1.54, 1.807) is 0 Å². The van der Waals surface area contributed by atoms with Crippen molar-refractivity contribution < 1.29 is 4.79 Å². The Morgan fingerprint density at radius 2 is 1.89 bits per heavy atom. The number of nitrogens with one attached hydrogen (secondary N) is 2. The molecule has 3 heteroatoms. The van der Waals surface area contributed by atoms with Crippen molar-refractivity contribution >= 4 is 11.6 Å². The monoisotopic (exact) mass is 262 g/mol. The molecule has 0 saturated heterocycles. The van der Waals surface area contributed by atoms with E-state index in [0.29, 0.717) is 5.92 Å². The van der Waals surface area contributed by atoms with E-state index in [9.17, 15) is 4.79 Å². The van der Waals surface area contributed by atoms with Crippen molar-refractivity contribution in [1.82, 2.24) is 5.32 Å². The second kappa shape index (κ2) is 7.17. The third-order valence-corrected chi connectivity index (χ3v) is 3.18. The lowest BCUT2D eigenvalue weighted by Crippen LogP contribution is -2.38. The zero-order chi connectivity index (χ0) is 14.4. The van der Waals surface area contributed by atoms with Crippen LogP contribution in [-0.4, -0.2) is 18.5 Å². The Labute approximate surface area is 116 Å². The van der Waals surface area contributed by atoms with Crippen molar-refractivity contribution in [2.75, 3.05) is 11.9 Å². The van der Waals surface area contributed by atoms with Gasteiger partial charge in [-0.15, -0.1) is 0 Å². The molecule has 2 N–H and O–H groups in total. The average Bonchev–Trinajstić information content (AvgIpc) is 2.33. The van der Waals surface area contributed by atoms with Gasteiger partial charge in [0.05, 0.1) is 0 Å². The fraction of sp³-hybridized carbons (Fsp3) is 0.562. The first-order chi connectivity index (χ1) is 8.90. The van der Waals surface area contributed by atoms with Gasteiger partial charge in [-0.2, -0.15) is 0 Å². The molecule has 0 radical (unpaired) electrons. The molecule has 0 saturated carbocycles. The highest BCUT2D eigenvalue weighted by molar-refractivity contribution is 5.84. The highest BCUT2D eigenvalue weighted by atomic mass is 16.2. The number of carbonyl (C=O) groups excluding carboxylic acids is 1. The summed E-state index contributed by atoms with van der Waals surface area (Å²) in [6.07, 6.45) is 1.02. The van der Waals surface area contributed by atoms with Crippen LogP contribution in [0.3, 0.4) is 0 Å². The molecule has 0 aliphatic carbocycles. The van der Waals surface area contributed by atoms with E-state index in [1.807, 2.05) is 13.8 Å². The van der Waals surface area contributed by atoms with Gasteiger partial charge in [0.1, 0.15) is 6.04 Å². The molecular weight excluding hydrogens is 236 g/mol. The topological polar surface area (TPSA) is 41.1 Å². The quantitative estimate of drug-likeness (QED) is 0.826. The highest BCUT2D eigenvalue weighted by Gasteiger charge is 2.13. The summed E-state index contributed by atoms with van der Waals surface area (Å²) in [5.74, 6) is 0.670. The van der Waals surface area contributed by atoms with Crippen LogP contribution in [0.2, 0.25) is 0 Å². The summed E-state index contributed by atoms with van der Waals surface area (Å²) in [5, 5.41) is 6.24. The highest BCUT2D eigenvalue weighted by Crippen LogP contribution is 2.17. The van der Waals surface area contributed by atoms with Crippen LogP contribution in [0, 0.1) is 19.8 Å². The zero-order valence-corrected chi connectivity index (χ0v) is 12.7. The molecule has 0 aromatic heterocycles. The summed E-state index contributed by atoms with van der Waals surface area (Å²) in [7, 11) is 0. The van der Waals surface area contributed by atoms with Crippen molar-refractivity contribution in [2.24, 2.45) is 5.92 Å². The van der Waals surface area contributed by atoms with Crippen LogP contribution >= 0.6 is 0 Å². The lowest BCUT2D eigenvalue weighted by Gasteiger charge is -2.17. The molecule has 0 heterocycles. The Morgan fingerprint density at radius 1 is 1.21 bits per heavy atom. The number of amides is 1. The molecule has 0 bridgehead atoms. The maximum absolute atomic E-state index is 12.0. The minimum Gasteiger partial charge on any atom is -0.374 e. The smallest absolute Gasteiger partial charge is 0.242 e. The zero-order valence-electron chi connectivity index (χ0n) is 12.7. The lowest BCUT2D eigenvalue weighted by atomic mass is 10.1. The summed E-state index contributed by atoms with van der Waals surface area (Å²) in [4.78, 5) is 12.0. The number of hydrogen-bond acceptors (Lipinski definition) is 2. The molecule has 106 valence electrons. The van der Waals surface area contributed by atoms with E-state index in [0.717, 1.165) is 24.2 Å². The fourth-order valence-electron chi connectivity index (χ4n) is 1.83. The molecule has 0 aliphatic heterocycles. The van der Waals surface area contributed by atoms with Gasteiger partial charge in [-0.1, -0.05) is 26.0 Å². The second-order valence-corrected chi connectivity index (χ2v) is 5.66. The predicted molar refractivity (Wildman–Crippen MR) is 81.5 cm³/mol. The van der Waals surface area contributed by atoms with Crippen molar-refractivity contribution in [3.05, 3.63) is 29.3 Å². The van der Waals surface area contributed by atoms with Crippen LogP contribution in [0.5, 0.6) is 0 Å². The maximum atomic E-state index is 12.0. The van der Waals surface area contributed by atoms with Crippen LogP contribution in [0.4, 0.5) is 5.69 Å². The standard InChI is InChI=1S/C16H26N2O/c1-11(2)8-9-17-16(19)14(5)18-15-10-12(3)6-7-13(15)4/h6-7,10-11,14,18H,8-9H2,1-5H3,(H,17,19). The Morgan fingerprint density at radius 3 is 2.53 bits per heavy atom. The molecule has 3 nitrogen and oxygen atoms in total. The normalized spacial score (nSPS) is 12.3. The van der Waals surface area contributed by atoms with Crippen LogP contribution in [-0.2, 0) is 4.79 Å². The van der Waals surface area contributed by atoms with Gasteiger partial charge in [-0.25, -0.2) is 0 Å². The molecule has 1 amide bonds. The van der Waals surface area contributed by atoms with E-state index in [2.05, 4.69) is 49.6 Å². The average molecular weight is 262 g/mol. The van der Waals surface area contributed by atoms with Gasteiger partial charge in [0, 0.05) is 12.2 Å². The molecule has 0 spiro atoms. The third kappa shape index (κ3) is 5.33. The van der Waals surface area contributed by atoms with E-state index in [-0.39, 0.29) is 11.9 Å². The van der Waals surface area contributed by atoms with E-state index >= 15 is 0 Å². The van der Waals surface area contributed by atoms with Crippen molar-refractivity contribution in [3.8, 4) is 0 Å². The minimum atomic E-state index is -0.215. The van der Waals surface area contributed by atoms with E-state index in [1.165, 1.54) is 5.56 Å². The van der Waals surface area contributed by atoms with E-state index < -0.39 is 0 Å². The molecule has 1 rings (SSSR count). The van der Waals surface area contributed by atoms with Crippen LogP contribution in [0.25, 0.3) is 0 Å². The first-order valence-electron chi connectivity index (χ1n) is 7.01. The summed E-state index contributed by atoms with van der Waals surface area (Å²) in [5.41, 5.74) is 3.39. The SMILES string of the molecule is Cc1ccc(C)c(NC(C)C(=O)NCCC(C)C)c1. The number of hydrogen-bond donors (Lipinski definition) is 2. The van der Waals surface area contributed by atoms with Crippen molar-refractivity contribution in [3.63, 3.8) is 0 Å². The first kappa shape index (κ1) is 15.5. The number of benzene rings is 1. The van der Waals surface area contributed by atoms with Gasteiger partial charge >= 0.3 is 0 Å². The number of anilines is 1. The molecule has 1 atom stereocenters. The summed E-state index contributed by atoms with van der Waals surface area (Å²) in [6.45, 7) is 11.1. The number of rotatable bonds is 6.